The molecule has 0 radical (unpaired) electrons. The van der Waals surface area contributed by atoms with Crippen LogP contribution >= 0.6 is 23.4 Å². The van der Waals surface area contributed by atoms with E-state index in [1.807, 2.05) is 37.4 Å². The van der Waals surface area contributed by atoms with E-state index in [0.717, 1.165) is 22.4 Å². The lowest BCUT2D eigenvalue weighted by molar-refractivity contribution is -0.116. The molecule has 2 aromatic rings. The lowest BCUT2D eigenvalue weighted by Crippen LogP contribution is -2.32. The highest BCUT2D eigenvalue weighted by molar-refractivity contribution is 7.98. The monoisotopic (exact) mass is 426 g/mol. The Bertz CT molecular complexity index is 917. The highest BCUT2D eigenvalue weighted by Crippen LogP contribution is 2.26. The first-order chi connectivity index (χ1) is 12.7. The Balaban J connectivity index is 2.01. The predicted molar refractivity (Wildman–Crippen MR) is 114 cm³/mol. The van der Waals surface area contributed by atoms with Crippen LogP contribution in [0.25, 0.3) is 0 Å². The third-order valence-corrected chi connectivity index (χ3v) is 6.10. The first kappa shape index (κ1) is 21.6. The van der Waals surface area contributed by atoms with Crippen molar-refractivity contribution in [3.63, 3.8) is 0 Å². The van der Waals surface area contributed by atoms with Crippen molar-refractivity contribution in [2.75, 3.05) is 28.7 Å². The lowest BCUT2D eigenvalue weighted by atomic mass is 10.2. The summed E-state index contributed by atoms with van der Waals surface area (Å²) in [5, 5.41) is 3.32. The maximum absolute atomic E-state index is 12.2. The van der Waals surface area contributed by atoms with Crippen LogP contribution in [-0.2, 0) is 14.8 Å². The zero-order valence-electron chi connectivity index (χ0n) is 15.5. The summed E-state index contributed by atoms with van der Waals surface area (Å²) in [6, 6.07) is 12.7. The largest absolute Gasteiger partial charge is 0.326 e. The maximum atomic E-state index is 12.2. The number of benzene rings is 2. The van der Waals surface area contributed by atoms with Gasteiger partial charge >= 0.3 is 0 Å². The molecule has 5 nitrogen and oxygen atoms in total. The first-order valence-electron chi connectivity index (χ1n) is 8.38. The zero-order valence-corrected chi connectivity index (χ0v) is 17.9. The van der Waals surface area contributed by atoms with Gasteiger partial charge in [0.25, 0.3) is 0 Å². The number of thioether (sulfide) groups is 1. The Morgan fingerprint density at radius 1 is 1.22 bits per heavy atom. The van der Waals surface area contributed by atoms with Crippen LogP contribution in [0.3, 0.4) is 0 Å². The van der Waals surface area contributed by atoms with Gasteiger partial charge in [-0.1, -0.05) is 23.7 Å². The molecular weight excluding hydrogens is 404 g/mol. The molecule has 8 heteroatoms. The molecule has 0 unspecified atom stereocenters. The molecule has 0 bridgehead atoms. The van der Waals surface area contributed by atoms with Gasteiger partial charge in [0.1, 0.15) is 0 Å². The van der Waals surface area contributed by atoms with Crippen LogP contribution < -0.4 is 9.62 Å². The Morgan fingerprint density at radius 3 is 2.63 bits per heavy atom. The highest BCUT2D eigenvalue weighted by atomic mass is 35.5. The SMILES string of the molecule is CSc1cccc(NC(=O)CCCN(c2cc(Cl)ccc2C)S(C)(=O)=O)c1. The fourth-order valence-electron chi connectivity index (χ4n) is 2.62. The number of aryl methyl sites for hydroxylation is 1. The second-order valence-electron chi connectivity index (χ2n) is 6.15. The molecule has 0 fully saturated rings. The number of carbonyl (C=O) groups is 1. The summed E-state index contributed by atoms with van der Waals surface area (Å²) in [7, 11) is -3.48. The Hall–Kier alpha value is -1.70. The van der Waals surface area contributed by atoms with Gasteiger partial charge in [-0.25, -0.2) is 8.42 Å². The quantitative estimate of drug-likeness (QED) is 0.628. The van der Waals surface area contributed by atoms with Gasteiger partial charge in [0.05, 0.1) is 11.9 Å². The Labute approximate surface area is 170 Å². The summed E-state index contributed by atoms with van der Waals surface area (Å²) in [6.45, 7) is 2.04. The van der Waals surface area contributed by atoms with Gasteiger partial charge in [0.2, 0.25) is 15.9 Å². The number of hydrogen-bond acceptors (Lipinski definition) is 4. The number of amides is 1. The maximum Gasteiger partial charge on any atom is 0.232 e. The summed E-state index contributed by atoms with van der Waals surface area (Å²) in [5.74, 6) is -0.149. The predicted octanol–water partition coefficient (Wildman–Crippen LogP) is 4.56. The second kappa shape index (κ2) is 9.48. The summed E-state index contributed by atoms with van der Waals surface area (Å²) < 4.78 is 25.7. The fraction of sp³-hybridized carbons (Fsp3) is 0.316. The van der Waals surface area contributed by atoms with E-state index in [9.17, 15) is 13.2 Å². The van der Waals surface area contributed by atoms with E-state index in [1.54, 1.807) is 30.0 Å². The summed E-state index contributed by atoms with van der Waals surface area (Å²) >= 11 is 7.62. The van der Waals surface area contributed by atoms with E-state index in [0.29, 0.717) is 17.1 Å². The molecule has 2 aromatic carbocycles. The van der Waals surface area contributed by atoms with Crippen molar-refractivity contribution < 1.29 is 13.2 Å². The van der Waals surface area contributed by atoms with Crippen molar-refractivity contribution >= 4 is 50.7 Å². The molecule has 0 aliphatic rings. The highest BCUT2D eigenvalue weighted by Gasteiger charge is 2.19. The molecule has 0 aromatic heterocycles. The van der Waals surface area contributed by atoms with E-state index >= 15 is 0 Å². The van der Waals surface area contributed by atoms with Gasteiger partial charge in [-0.15, -0.1) is 11.8 Å². The van der Waals surface area contributed by atoms with Crippen LogP contribution in [0.15, 0.2) is 47.4 Å². The fourth-order valence-corrected chi connectivity index (χ4v) is 4.26. The van der Waals surface area contributed by atoms with Crippen molar-refractivity contribution in [3.05, 3.63) is 53.1 Å². The number of sulfonamides is 1. The van der Waals surface area contributed by atoms with E-state index in [4.69, 9.17) is 11.6 Å². The molecule has 1 amide bonds. The first-order valence-corrected chi connectivity index (χ1v) is 11.8. The normalized spacial score (nSPS) is 11.3. The van der Waals surface area contributed by atoms with Crippen molar-refractivity contribution in [3.8, 4) is 0 Å². The number of anilines is 2. The van der Waals surface area contributed by atoms with Crippen molar-refractivity contribution in [1.82, 2.24) is 0 Å². The minimum absolute atomic E-state index is 0.149. The number of carbonyl (C=O) groups excluding carboxylic acids is 1. The van der Waals surface area contributed by atoms with E-state index in [1.165, 1.54) is 4.31 Å². The second-order valence-corrected chi connectivity index (χ2v) is 9.37. The van der Waals surface area contributed by atoms with Gasteiger partial charge in [0.15, 0.2) is 0 Å². The molecule has 146 valence electrons. The van der Waals surface area contributed by atoms with Crippen LogP contribution in [0.2, 0.25) is 5.02 Å². The summed E-state index contributed by atoms with van der Waals surface area (Å²) in [5.41, 5.74) is 2.08. The topological polar surface area (TPSA) is 66.5 Å². The molecule has 0 heterocycles. The smallest absolute Gasteiger partial charge is 0.232 e. The number of nitrogens with one attached hydrogen (secondary N) is 1. The van der Waals surface area contributed by atoms with Gasteiger partial charge in [-0.2, -0.15) is 0 Å². The van der Waals surface area contributed by atoms with Crippen LogP contribution in [0.4, 0.5) is 11.4 Å². The number of hydrogen-bond donors (Lipinski definition) is 1. The molecule has 27 heavy (non-hydrogen) atoms. The van der Waals surface area contributed by atoms with Crippen molar-refractivity contribution in [2.45, 2.75) is 24.7 Å². The summed E-state index contributed by atoms with van der Waals surface area (Å²) in [6.07, 6.45) is 3.74. The minimum Gasteiger partial charge on any atom is -0.326 e. The molecule has 0 atom stereocenters. The number of rotatable bonds is 8. The number of halogens is 1. The van der Waals surface area contributed by atoms with Crippen LogP contribution in [0.1, 0.15) is 18.4 Å². The lowest BCUT2D eigenvalue weighted by Gasteiger charge is -2.24. The van der Waals surface area contributed by atoms with Gasteiger partial charge < -0.3 is 5.32 Å². The standard InChI is InChI=1S/C19H23ClN2O3S2/c1-14-9-10-15(20)12-18(14)22(27(3,24)25)11-5-8-19(23)21-16-6-4-7-17(13-16)26-2/h4,6-7,9-10,12-13H,5,8,11H2,1-3H3,(H,21,23). The van der Waals surface area contributed by atoms with Crippen LogP contribution in [0.5, 0.6) is 0 Å². The third-order valence-electron chi connectivity index (χ3n) is 3.96. The van der Waals surface area contributed by atoms with Gasteiger partial charge in [-0.05, 0) is 55.5 Å². The molecule has 1 N–H and O–H groups in total. The molecule has 0 saturated carbocycles. The van der Waals surface area contributed by atoms with Crippen molar-refractivity contribution in [1.29, 1.82) is 0 Å². The molecule has 0 aliphatic carbocycles. The number of nitrogens with zero attached hydrogens (tertiary/aromatic N) is 1. The van der Waals surface area contributed by atoms with Crippen LogP contribution in [-0.4, -0.2) is 33.4 Å². The van der Waals surface area contributed by atoms with Crippen LogP contribution in [0, 0.1) is 6.92 Å². The average Bonchev–Trinajstić information content (AvgIpc) is 2.60. The van der Waals surface area contributed by atoms with Gasteiger partial charge in [-0.3, -0.25) is 9.10 Å². The van der Waals surface area contributed by atoms with E-state index in [-0.39, 0.29) is 18.9 Å². The van der Waals surface area contributed by atoms with Crippen molar-refractivity contribution in [2.24, 2.45) is 0 Å². The molecule has 0 spiro atoms. The Morgan fingerprint density at radius 2 is 1.96 bits per heavy atom. The Kier molecular flexibility index (Phi) is 7.59. The summed E-state index contributed by atoms with van der Waals surface area (Å²) in [4.78, 5) is 13.3. The van der Waals surface area contributed by atoms with Gasteiger partial charge in [0, 0.05) is 28.6 Å². The minimum atomic E-state index is -3.48. The average molecular weight is 427 g/mol. The molecule has 0 saturated heterocycles. The molecule has 2 rings (SSSR count). The zero-order chi connectivity index (χ0) is 20.0. The van der Waals surface area contributed by atoms with E-state index < -0.39 is 10.0 Å². The third kappa shape index (κ3) is 6.45. The molecular formula is C19H23ClN2O3S2. The molecule has 0 aliphatic heterocycles. The van der Waals surface area contributed by atoms with E-state index in [2.05, 4.69) is 5.32 Å².